The van der Waals surface area contributed by atoms with Crippen LogP contribution in [0.2, 0.25) is 5.02 Å². The predicted molar refractivity (Wildman–Crippen MR) is 93.7 cm³/mol. The molecule has 1 amide bonds. The highest BCUT2D eigenvalue weighted by Crippen LogP contribution is 2.33. The standard InChI is InChI=1S/C19H20ClNO2/c1-2-23-18-16(20)8-5-9-17(18)21-19(22)15-11-10-13-6-3-4-7-14(13)12-15/h5,8-12H,2-4,6-7H2,1H3,(H,21,22). The average molecular weight is 330 g/mol. The number of ether oxygens (including phenoxy) is 1. The minimum absolute atomic E-state index is 0.137. The van der Waals surface area contributed by atoms with Gasteiger partial charge in [-0.3, -0.25) is 4.79 Å². The third kappa shape index (κ3) is 3.50. The van der Waals surface area contributed by atoms with E-state index in [4.69, 9.17) is 16.3 Å². The summed E-state index contributed by atoms with van der Waals surface area (Å²) < 4.78 is 5.55. The first kappa shape index (κ1) is 15.9. The molecular weight excluding hydrogens is 310 g/mol. The molecule has 0 spiro atoms. The molecule has 0 heterocycles. The van der Waals surface area contributed by atoms with Gasteiger partial charge in [0, 0.05) is 5.56 Å². The molecule has 0 bridgehead atoms. The summed E-state index contributed by atoms with van der Waals surface area (Å²) in [6.45, 7) is 2.38. The van der Waals surface area contributed by atoms with Crippen LogP contribution in [0.4, 0.5) is 5.69 Å². The van der Waals surface area contributed by atoms with E-state index in [0.717, 1.165) is 12.8 Å². The second kappa shape index (κ2) is 7.05. The van der Waals surface area contributed by atoms with Crippen molar-refractivity contribution in [1.29, 1.82) is 0 Å². The molecule has 3 nitrogen and oxygen atoms in total. The molecule has 120 valence electrons. The summed E-state index contributed by atoms with van der Waals surface area (Å²) in [7, 11) is 0. The first-order valence-corrected chi connectivity index (χ1v) is 8.41. The van der Waals surface area contributed by atoms with Crippen LogP contribution in [0.1, 0.15) is 41.3 Å². The van der Waals surface area contributed by atoms with Crippen molar-refractivity contribution in [3.63, 3.8) is 0 Å². The van der Waals surface area contributed by atoms with Gasteiger partial charge in [-0.15, -0.1) is 0 Å². The van der Waals surface area contributed by atoms with Crippen molar-refractivity contribution in [2.24, 2.45) is 0 Å². The van der Waals surface area contributed by atoms with Gasteiger partial charge in [0.25, 0.3) is 5.91 Å². The lowest BCUT2D eigenvalue weighted by Crippen LogP contribution is -2.14. The van der Waals surface area contributed by atoms with E-state index in [1.54, 1.807) is 18.2 Å². The lowest BCUT2D eigenvalue weighted by Gasteiger charge is -2.17. The summed E-state index contributed by atoms with van der Waals surface area (Å²) in [6, 6.07) is 11.3. The molecule has 0 fully saturated rings. The molecule has 0 radical (unpaired) electrons. The van der Waals surface area contributed by atoms with Crippen molar-refractivity contribution < 1.29 is 9.53 Å². The van der Waals surface area contributed by atoms with Crippen LogP contribution in [0.3, 0.4) is 0 Å². The fraction of sp³-hybridized carbons (Fsp3) is 0.316. The number of para-hydroxylation sites is 1. The van der Waals surface area contributed by atoms with E-state index < -0.39 is 0 Å². The number of hydrogen-bond acceptors (Lipinski definition) is 2. The molecule has 0 atom stereocenters. The SMILES string of the molecule is CCOc1c(Cl)cccc1NC(=O)c1ccc2c(c1)CCCC2. The molecular formula is C19H20ClNO2. The molecule has 0 unspecified atom stereocenters. The fourth-order valence-corrected chi connectivity index (χ4v) is 3.20. The van der Waals surface area contributed by atoms with Crippen molar-refractivity contribution >= 4 is 23.2 Å². The van der Waals surface area contributed by atoms with E-state index in [-0.39, 0.29) is 5.91 Å². The van der Waals surface area contributed by atoms with E-state index in [2.05, 4.69) is 11.4 Å². The van der Waals surface area contributed by atoms with Crippen LogP contribution < -0.4 is 10.1 Å². The fourth-order valence-electron chi connectivity index (χ4n) is 2.97. The summed E-state index contributed by atoms with van der Waals surface area (Å²) in [6.07, 6.45) is 4.59. The number of amides is 1. The highest BCUT2D eigenvalue weighted by atomic mass is 35.5. The van der Waals surface area contributed by atoms with Gasteiger partial charge in [0.15, 0.2) is 5.75 Å². The van der Waals surface area contributed by atoms with Crippen molar-refractivity contribution in [3.8, 4) is 5.75 Å². The van der Waals surface area contributed by atoms with Crippen molar-refractivity contribution in [2.75, 3.05) is 11.9 Å². The normalized spacial score (nSPS) is 13.3. The van der Waals surface area contributed by atoms with Gasteiger partial charge < -0.3 is 10.1 Å². The van der Waals surface area contributed by atoms with Crippen LogP contribution in [0, 0.1) is 0 Å². The number of halogens is 1. The van der Waals surface area contributed by atoms with Crippen LogP contribution in [-0.2, 0) is 12.8 Å². The van der Waals surface area contributed by atoms with E-state index >= 15 is 0 Å². The minimum Gasteiger partial charge on any atom is -0.490 e. The molecule has 2 aromatic carbocycles. The third-order valence-corrected chi connectivity index (χ3v) is 4.41. The summed E-state index contributed by atoms with van der Waals surface area (Å²) in [4.78, 5) is 12.6. The van der Waals surface area contributed by atoms with Crippen molar-refractivity contribution in [1.82, 2.24) is 0 Å². The number of fused-ring (bicyclic) bond motifs is 1. The number of anilines is 1. The van der Waals surface area contributed by atoms with Crippen molar-refractivity contribution in [2.45, 2.75) is 32.6 Å². The highest BCUT2D eigenvalue weighted by Gasteiger charge is 2.15. The number of benzene rings is 2. The Kier molecular flexibility index (Phi) is 4.87. The van der Waals surface area contributed by atoms with Gasteiger partial charge in [-0.2, -0.15) is 0 Å². The van der Waals surface area contributed by atoms with E-state index in [9.17, 15) is 4.79 Å². The van der Waals surface area contributed by atoms with Gasteiger partial charge in [-0.25, -0.2) is 0 Å². The molecule has 4 heteroatoms. The molecule has 1 N–H and O–H groups in total. The second-order valence-corrected chi connectivity index (χ2v) is 6.10. The Morgan fingerprint density at radius 3 is 2.74 bits per heavy atom. The number of nitrogens with one attached hydrogen (secondary N) is 1. The van der Waals surface area contributed by atoms with Crippen LogP contribution in [0.15, 0.2) is 36.4 Å². The van der Waals surface area contributed by atoms with Crippen molar-refractivity contribution in [3.05, 3.63) is 58.1 Å². The number of aryl methyl sites for hydroxylation is 2. The topological polar surface area (TPSA) is 38.3 Å². The Morgan fingerprint density at radius 2 is 1.96 bits per heavy atom. The zero-order valence-corrected chi connectivity index (χ0v) is 14.0. The highest BCUT2D eigenvalue weighted by molar-refractivity contribution is 6.32. The minimum atomic E-state index is -0.137. The van der Waals surface area contributed by atoms with Crippen LogP contribution >= 0.6 is 11.6 Å². The van der Waals surface area contributed by atoms with Gasteiger partial charge in [0.2, 0.25) is 0 Å². The molecule has 2 aromatic rings. The maximum absolute atomic E-state index is 12.6. The Morgan fingerprint density at radius 1 is 1.17 bits per heavy atom. The Hall–Kier alpha value is -2.00. The molecule has 1 aliphatic rings. The Bertz CT molecular complexity index is 727. The Labute approximate surface area is 141 Å². The zero-order valence-electron chi connectivity index (χ0n) is 13.2. The number of carbonyl (C=O) groups is 1. The molecule has 0 aliphatic heterocycles. The first-order valence-electron chi connectivity index (χ1n) is 8.03. The maximum atomic E-state index is 12.6. The molecule has 0 saturated heterocycles. The lowest BCUT2D eigenvalue weighted by molar-refractivity contribution is 0.102. The smallest absolute Gasteiger partial charge is 0.255 e. The van der Waals surface area contributed by atoms with E-state index in [1.807, 2.05) is 19.1 Å². The third-order valence-electron chi connectivity index (χ3n) is 4.11. The largest absolute Gasteiger partial charge is 0.490 e. The zero-order chi connectivity index (χ0) is 16.2. The summed E-state index contributed by atoms with van der Waals surface area (Å²) in [5, 5.41) is 3.41. The Balaban J connectivity index is 1.83. The first-order chi connectivity index (χ1) is 11.2. The summed E-state index contributed by atoms with van der Waals surface area (Å²) >= 11 is 6.16. The quantitative estimate of drug-likeness (QED) is 0.869. The molecule has 1 aliphatic carbocycles. The van der Waals surface area contributed by atoms with Gasteiger partial charge >= 0.3 is 0 Å². The summed E-state index contributed by atoms with van der Waals surface area (Å²) in [5.41, 5.74) is 3.93. The molecule has 3 rings (SSSR count). The maximum Gasteiger partial charge on any atom is 0.255 e. The van der Waals surface area contributed by atoms with E-state index in [1.165, 1.54) is 24.0 Å². The molecule has 0 saturated carbocycles. The molecule has 23 heavy (non-hydrogen) atoms. The predicted octanol–water partition coefficient (Wildman–Crippen LogP) is 4.87. The molecule has 0 aromatic heterocycles. The number of carbonyl (C=O) groups excluding carboxylic acids is 1. The van der Waals surface area contributed by atoms with Gasteiger partial charge in [-0.1, -0.05) is 23.7 Å². The summed E-state index contributed by atoms with van der Waals surface area (Å²) in [5.74, 6) is 0.379. The van der Waals surface area contributed by atoms with Gasteiger partial charge in [-0.05, 0) is 68.0 Å². The second-order valence-electron chi connectivity index (χ2n) is 5.69. The van der Waals surface area contributed by atoms with Crippen LogP contribution in [0.5, 0.6) is 5.75 Å². The number of hydrogen-bond donors (Lipinski definition) is 1. The van der Waals surface area contributed by atoms with Crippen LogP contribution in [-0.4, -0.2) is 12.5 Å². The van der Waals surface area contributed by atoms with Crippen LogP contribution in [0.25, 0.3) is 0 Å². The number of rotatable bonds is 4. The monoisotopic (exact) mass is 329 g/mol. The lowest BCUT2D eigenvalue weighted by atomic mass is 9.90. The van der Waals surface area contributed by atoms with E-state index in [0.29, 0.717) is 28.6 Å². The van der Waals surface area contributed by atoms with Gasteiger partial charge in [0.05, 0.1) is 17.3 Å². The van der Waals surface area contributed by atoms with Gasteiger partial charge in [0.1, 0.15) is 0 Å². The average Bonchev–Trinajstić information content (AvgIpc) is 2.57.